The third-order valence-electron chi connectivity index (χ3n) is 2.11. The number of hydrogen-bond donors (Lipinski definition) is 1. The van der Waals surface area contributed by atoms with Gasteiger partial charge in [-0.05, 0) is 18.2 Å². The van der Waals surface area contributed by atoms with Crippen LogP contribution in [0.4, 0.5) is 4.39 Å². The van der Waals surface area contributed by atoms with Gasteiger partial charge in [0.15, 0.2) is 0 Å². The summed E-state index contributed by atoms with van der Waals surface area (Å²) >= 11 is 5.59. The number of imidazole rings is 1. The van der Waals surface area contributed by atoms with Crippen molar-refractivity contribution in [1.29, 1.82) is 0 Å². The van der Waals surface area contributed by atoms with Crippen LogP contribution >= 0.6 is 11.6 Å². The van der Waals surface area contributed by atoms with Crippen LogP contribution in [0, 0.1) is 5.82 Å². The van der Waals surface area contributed by atoms with Crippen LogP contribution in [0.1, 0.15) is 5.69 Å². The number of aromatic nitrogens is 2. The molecule has 5 heteroatoms. The molecule has 0 aliphatic carbocycles. The molecule has 0 bridgehead atoms. The van der Waals surface area contributed by atoms with Crippen molar-refractivity contribution in [2.75, 3.05) is 0 Å². The molecule has 1 aromatic carbocycles. The lowest BCUT2D eigenvalue weighted by molar-refractivity contribution is 0.626. The Bertz CT molecular complexity index is 481. The van der Waals surface area contributed by atoms with Crippen molar-refractivity contribution in [2.24, 2.45) is 5.73 Å². The highest BCUT2D eigenvalue weighted by Crippen LogP contribution is 2.19. The molecule has 0 atom stereocenters. The molecule has 2 aromatic rings. The van der Waals surface area contributed by atoms with Crippen molar-refractivity contribution in [2.45, 2.75) is 6.54 Å². The number of rotatable bonds is 2. The lowest BCUT2D eigenvalue weighted by atomic mass is 10.3. The quantitative estimate of drug-likeness (QED) is 0.851. The van der Waals surface area contributed by atoms with Crippen molar-refractivity contribution in [1.82, 2.24) is 9.55 Å². The van der Waals surface area contributed by atoms with E-state index in [-0.39, 0.29) is 5.02 Å². The number of nitrogens with two attached hydrogens (primary N) is 1. The van der Waals surface area contributed by atoms with E-state index in [0.717, 1.165) is 5.69 Å². The molecule has 0 aliphatic heterocycles. The van der Waals surface area contributed by atoms with E-state index in [9.17, 15) is 4.39 Å². The molecule has 0 radical (unpaired) electrons. The molecule has 1 aromatic heterocycles. The zero-order chi connectivity index (χ0) is 10.8. The van der Waals surface area contributed by atoms with E-state index in [1.807, 2.05) is 0 Å². The van der Waals surface area contributed by atoms with Crippen molar-refractivity contribution in [3.05, 3.63) is 47.3 Å². The Labute approximate surface area is 91.3 Å². The molecule has 15 heavy (non-hydrogen) atoms. The van der Waals surface area contributed by atoms with Crippen LogP contribution in [0.15, 0.2) is 30.7 Å². The minimum atomic E-state index is -0.453. The average molecular weight is 226 g/mol. The van der Waals surface area contributed by atoms with Crippen LogP contribution in [0.5, 0.6) is 0 Å². The Morgan fingerprint density at radius 2 is 2.27 bits per heavy atom. The third kappa shape index (κ3) is 1.86. The second kappa shape index (κ2) is 4.00. The smallest absolute Gasteiger partial charge is 0.143 e. The first-order chi connectivity index (χ1) is 7.22. The molecule has 78 valence electrons. The van der Waals surface area contributed by atoms with Crippen LogP contribution < -0.4 is 5.73 Å². The lowest BCUT2D eigenvalue weighted by Gasteiger charge is -2.06. The van der Waals surface area contributed by atoms with Crippen LogP contribution in [-0.2, 0) is 6.54 Å². The summed E-state index contributed by atoms with van der Waals surface area (Å²) < 4.78 is 14.9. The molecule has 0 unspecified atom stereocenters. The van der Waals surface area contributed by atoms with Gasteiger partial charge in [-0.3, -0.25) is 0 Å². The van der Waals surface area contributed by atoms with E-state index in [0.29, 0.717) is 12.2 Å². The van der Waals surface area contributed by atoms with Gasteiger partial charge in [0.05, 0.1) is 17.0 Å². The molecule has 0 saturated carbocycles. The van der Waals surface area contributed by atoms with Crippen LogP contribution in [0.2, 0.25) is 5.02 Å². The summed E-state index contributed by atoms with van der Waals surface area (Å²) in [6.45, 7) is 0.351. The largest absolute Gasteiger partial charge is 0.325 e. The predicted molar refractivity (Wildman–Crippen MR) is 56.4 cm³/mol. The Morgan fingerprint density at radius 1 is 1.47 bits per heavy atom. The van der Waals surface area contributed by atoms with Crippen LogP contribution in [-0.4, -0.2) is 9.55 Å². The predicted octanol–water partition coefficient (Wildman–Crippen LogP) is 2.12. The summed E-state index contributed by atoms with van der Waals surface area (Å²) in [6, 6.07) is 4.57. The maximum atomic E-state index is 13.2. The van der Waals surface area contributed by atoms with Crippen molar-refractivity contribution in [3.63, 3.8) is 0 Å². The van der Waals surface area contributed by atoms with Gasteiger partial charge in [-0.2, -0.15) is 0 Å². The minimum Gasteiger partial charge on any atom is -0.325 e. The summed E-state index contributed by atoms with van der Waals surface area (Å²) in [6.07, 6.45) is 3.23. The lowest BCUT2D eigenvalue weighted by Crippen LogP contribution is -2.04. The van der Waals surface area contributed by atoms with Gasteiger partial charge in [-0.15, -0.1) is 0 Å². The molecule has 0 aliphatic rings. The number of benzene rings is 1. The molecule has 1 heterocycles. The molecule has 2 N–H and O–H groups in total. The Hall–Kier alpha value is -1.39. The third-order valence-corrected chi connectivity index (χ3v) is 2.41. The number of halogens is 2. The molecular formula is C10H9ClFN3. The Balaban J connectivity index is 2.50. The van der Waals surface area contributed by atoms with E-state index in [4.69, 9.17) is 17.3 Å². The van der Waals surface area contributed by atoms with E-state index in [2.05, 4.69) is 4.98 Å². The first-order valence-corrected chi connectivity index (χ1v) is 4.77. The monoisotopic (exact) mass is 225 g/mol. The summed E-state index contributed by atoms with van der Waals surface area (Å²) in [5.74, 6) is -0.453. The maximum Gasteiger partial charge on any atom is 0.143 e. The maximum absolute atomic E-state index is 13.2. The fourth-order valence-corrected chi connectivity index (χ4v) is 1.46. The summed E-state index contributed by atoms with van der Waals surface area (Å²) in [5, 5.41) is 0.105. The van der Waals surface area contributed by atoms with Crippen molar-refractivity contribution in [3.8, 4) is 5.69 Å². The standard InChI is InChI=1S/C10H9ClFN3/c11-9-2-1-7(3-10(9)12)15-6-14-5-8(15)4-13/h1-3,5-6H,4,13H2. The van der Waals surface area contributed by atoms with Gasteiger partial charge < -0.3 is 10.3 Å². The zero-order valence-corrected chi connectivity index (χ0v) is 8.58. The highest BCUT2D eigenvalue weighted by molar-refractivity contribution is 6.30. The van der Waals surface area contributed by atoms with Gasteiger partial charge in [0.25, 0.3) is 0 Å². The van der Waals surface area contributed by atoms with Crippen LogP contribution in [0.25, 0.3) is 5.69 Å². The van der Waals surface area contributed by atoms with E-state index in [1.54, 1.807) is 23.2 Å². The fourth-order valence-electron chi connectivity index (χ4n) is 1.34. The van der Waals surface area contributed by atoms with E-state index >= 15 is 0 Å². The zero-order valence-electron chi connectivity index (χ0n) is 7.82. The summed E-state index contributed by atoms with van der Waals surface area (Å²) in [7, 11) is 0. The second-order valence-electron chi connectivity index (χ2n) is 3.06. The first kappa shape index (κ1) is 10.1. The topological polar surface area (TPSA) is 43.8 Å². The summed E-state index contributed by atoms with van der Waals surface area (Å²) in [4.78, 5) is 3.95. The Kier molecular flexibility index (Phi) is 2.70. The van der Waals surface area contributed by atoms with E-state index in [1.165, 1.54) is 12.1 Å². The van der Waals surface area contributed by atoms with Gasteiger partial charge >= 0.3 is 0 Å². The van der Waals surface area contributed by atoms with Crippen LogP contribution in [0.3, 0.4) is 0 Å². The minimum absolute atomic E-state index is 0.105. The first-order valence-electron chi connectivity index (χ1n) is 4.39. The molecule has 0 spiro atoms. The molecular weight excluding hydrogens is 217 g/mol. The molecule has 0 fully saturated rings. The number of nitrogens with zero attached hydrogens (tertiary/aromatic N) is 2. The summed E-state index contributed by atoms with van der Waals surface area (Å²) in [5.41, 5.74) is 7.00. The van der Waals surface area contributed by atoms with Gasteiger partial charge in [0.2, 0.25) is 0 Å². The molecule has 0 saturated heterocycles. The van der Waals surface area contributed by atoms with Gasteiger partial charge in [-0.1, -0.05) is 11.6 Å². The second-order valence-corrected chi connectivity index (χ2v) is 3.46. The number of hydrogen-bond acceptors (Lipinski definition) is 2. The van der Waals surface area contributed by atoms with E-state index < -0.39 is 5.82 Å². The average Bonchev–Trinajstić information content (AvgIpc) is 2.70. The van der Waals surface area contributed by atoms with Crippen molar-refractivity contribution >= 4 is 11.6 Å². The van der Waals surface area contributed by atoms with Crippen molar-refractivity contribution < 1.29 is 4.39 Å². The SMILES string of the molecule is NCc1cncn1-c1ccc(Cl)c(F)c1. The van der Waals surface area contributed by atoms with Gasteiger partial charge in [0.1, 0.15) is 5.82 Å². The normalized spacial score (nSPS) is 10.6. The molecule has 3 nitrogen and oxygen atoms in total. The fraction of sp³-hybridized carbons (Fsp3) is 0.100. The highest BCUT2D eigenvalue weighted by atomic mass is 35.5. The van der Waals surface area contributed by atoms with Gasteiger partial charge in [0, 0.05) is 18.4 Å². The Morgan fingerprint density at radius 3 is 2.93 bits per heavy atom. The highest BCUT2D eigenvalue weighted by Gasteiger charge is 2.05. The molecule has 0 amide bonds. The molecule has 2 rings (SSSR count). The van der Waals surface area contributed by atoms with Gasteiger partial charge in [-0.25, -0.2) is 9.37 Å².